The number of hydrogen-bond donors (Lipinski definition) is 3. The minimum atomic E-state index is -0.279. The van der Waals surface area contributed by atoms with Gasteiger partial charge < -0.3 is 15.3 Å². The number of hydrogen-bond acceptors (Lipinski definition) is 3. The third-order valence-corrected chi connectivity index (χ3v) is 4.85. The van der Waals surface area contributed by atoms with Crippen LogP contribution in [0.25, 0.3) is 22.3 Å². The Balaban J connectivity index is 1.50. The lowest BCUT2D eigenvalue weighted by Gasteiger charge is -2.19. The first-order valence-corrected chi connectivity index (χ1v) is 9.40. The fourth-order valence-corrected chi connectivity index (χ4v) is 3.15. The van der Waals surface area contributed by atoms with Crippen molar-refractivity contribution in [1.29, 1.82) is 0 Å². The molecule has 0 saturated heterocycles. The molecule has 0 aliphatic rings. The second-order valence-corrected chi connectivity index (χ2v) is 8.05. The molecule has 0 aliphatic heterocycles. The summed E-state index contributed by atoms with van der Waals surface area (Å²) in [5.74, 6) is -0.260. The van der Waals surface area contributed by atoms with Gasteiger partial charge in [0.2, 0.25) is 0 Å². The van der Waals surface area contributed by atoms with Gasteiger partial charge in [0, 0.05) is 17.4 Å². The third kappa shape index (κ3) is 3.96. The van der Waals surface area contributed by atoms with Crippen molar-refractivity contribution in [2.75, 3.05) is 5.32 Å². The van der Waals surface area contributed by atoms with Crippen LogP contribution in [0.4, 0.5) is 5.69 Å². The van der Waals surface area contributed by atoms with Gasteiger partial charge in [0.15, 0.2) is 0 Å². The van der Waals surface area contributed by atoms with E-state index in [-0.39, 0.29) is 17.0 Å². The van der Waals surface area contributed by atoms with Crippen LogP contribution in [0.5, 0.6) is 0 Å². The molecule has 4 aromatic rings. The molecule has 0 fully saturated rings. The van der Waals surface area contributed by atoms with Crippen LogP contribution in [0.1, 0.15) is 36.7 Å². The average Bonchev–Trinajstić information content (AvgIpc) is 3.07. The summed E-state index contributed by atoms with van der Waals surface area (Å²) >= 11 is 0. The van der Waals surface area contributed by atoms with Gasteiger partial charge in [-0.1, -0.05) is 45.0 Å². The summed E-state index contributed by atoms with van der Waals surface area (Å²) in [5, 5.41) is 2.83. The predicted octanol–water partition coefficient (Wildman–Crippen LogP) is 4.47. The fraction of sp³-hybridized carbons (Fsp3) is 0.174. The predicted molar refractivity (Wildman–Crippen MR) is 115 cm³/mol. The number of fused-ring (bicyclic) bond motifs is 1. The zero-order valence-corrected chi connectivity index (χ0v) is 16.5. The molecule has 29 heavy (non-hydrogen) atoms. The minimum Gasteiger partial charge on any atom is -0.322 e. The summed E-state index contributed by atoms with van der Waals surface area (Å²) in [6.07, 6.45) is 1.57. The highest BCUT2D eigenvalue weighted by Gasteiger charge is 2.13. The summed E-state index contributed by atoms with van der Waals surface area (Å²) in [6.45, 7) is 6.54. The molecule has 0 saturated carbocycles. The number of anilines is 1. The van der Waals surface area contributed by atoms with Crippen LogP contribution < -0.4 is 11.0 Å². The molecule has 6 nitrogen and oxygen atoms in total. The first-order chi connectivity index (χ1) is 13.8. The van der Waals surface area contributed by atoms with Crippen LogP contribution in [-0.4, -0.2) is 20.9 Å². The standard InChI is InChI=1S/C23H22N4O2/c1-23(2,3)16-7-4-14(5-8-16)18-10-6-15(13-24-18)21(28)25-17-9-11-19-20(12-17)27-22(29)26-19/h4-13H,1-3H3,(H,25,28)(H2,26,27,29). The molecular weight excluding hydrogens is 364 g/mol. The van der Waals surface area contributed by atoms with E-state index in [4.69, 9.17) is 0 Å². The molecule has 146 valence electrons. The molecule has 2 aromatic heterocycles. The molecule has 0 spiro atoms. The Morgan fingerprint density at radius 1 is 0.931 bits per heavy atom. The Labute approximate surface area is 168 Å². The molecule has 3 N–H and O–H groups in total. The van der Waals surface area contributed by atoms with E-state index in [0.29, 0.717) is 22.3 Å². The first-order valence-electron chi connectivity index (χ1n) is 9.40. The van der Waals surface area contributed by atoms with Gasteiger partial charge in [0.05, 0.1) is 22.3 Å². The van der Waals surface area contributed by atoms with Crippen LogP contribution in [-0.2, 0) is 5.41 Å². The Bertz CT molecular complexity index is 1230. The summed E-state index contributed by atoms with van der Waals surface area (Å²) in [4.78, 5) is 33.7. The maximum Gasteiger partial charge on any atom is 0.323 e. The minimum absolute atomic E-state index is 0.102. The van der Waals surface area contributed by atoms with Crippen LogP contribution in [0.2, 0.25) is 0 Å². The van der Waals surface area contributed by atoms with Crippen LogP contribution in [0.3, 0.4) is 0 Å². The highest BCUT2D eigenvalue weighted by atomic mass is 16.2. The fourth-order valence-electron chi connectivity index (χ4n) is 3.15. The van der Waals surface area contributed by atoms with Gasteiger partial charge in [-0.2, -0.15) is 0 Å². The van der Waals surface area contributed by atoms with Crippen molar-refractivity contribution in [3.63, 3.8) is 0 Å². The van der Waals surface area contributed by atoms with E-state index in [1.807, 2.05) is 6.07 Å². The third-order valence-electron chi connectivity index (χ3n) is 4.85. The van der Waals surface area contributed by atoms with Crippen molar-refractivity contribution in [3.05, 3.63) is 82.4 Å². The largest absolute Gasteiger partial charge is 0.323 e. The van der Waals surface area contributed by atoms with Crippen molar-refractivity contribution in [1.82, 2.24) is 15.0 Å². The molecule has 0 bridgehead atoms. The van der Waals surface area contributed by atoms with Gasteiger partial charge in [-0.25, -0.2) is 4.79 Å². The van der Waals surface area contributed by atoms with Crippen molar-refractivity contribution < 1.29 is 4.79 Å². The van der Waals surface area contributed by atoms with Gasteiger partial charge >= 0.3 is 5.69 Å². The van der Waals surface area contributed by atoms with Crippen molar-refractivity contribution in [2.45, 2.75) is 26.2 Å². The smallest absolute Gasteiger partial charge is 0.322 e. The Kier molecular flexibility index (Phi) is 4.54. The van der Waals surface area contributed by atoms with Crippen LogP contribution >= 0.6 is 0 Å². The average molecular weight is 386 g/mol. The van der Waals surface area contributed by atoms with Gasteiger partial charge in [-0.15, -0.1) is 0 Å². The second-order valence-electron chi connectivity index (χ2n) is 8.05. The molecule has 0 atom stereocenters. The van der Waals surface area contributed by atoms with E-state index in [1.165, 1.54) is 5.56 Å². The molecule has 2 heterocycles. The SMILES string of the molecule is CC(C)(C)c1ccc(-c2ccc(C(=O)Nc3ccc4[nH]c(=O)[nH]c4c3)cn2)cc1. The number of H-pyrrole nitrogens is 2. The molecule has 6 heteroatoms. The number of carbonyl (C=O) groups excluding carboxylic acids is 1. The number of rotatable bonds is 3. The first kappa shape index (κ1) is 18.7. The lowest BCUT2D eigenvalue weighted by Crippen LogP contribution is -2.12. The highest BCUT2D eigenvalue weighted by molar-refractivity contribution is 6.04. The highest BCUT2D eigenvalue weighted by Crippen LogP contribution is 2.25. The topological polar surface area (TPSA) is 90.6 Å². The maximum absolute atomic E-state index is 12.5. The van der Waals surface area contributed by atoms with Gasteiger partial charge in [0.1, 0.15) is 0 Å². The summed E-state index contributed by atoms with van der Waals surface area (Å²) in [6, 6.07) is 17.1. The van der Waals surface area contributed by atoms with E-state index in [0.717, 1.165) is 11.3 Å². The van der Waals surface area contributed by atoms with Crippen molar-refractivity contribution >= 4 is 22.6 Å². The number of aromatic nitrogens is 3. The molecule has 0 unspecified atom stereocenters. The molecule has 1 amide bonds. The number of aromatic amines is 2. The summed E-state index contributed by atoms with van der Waals surface area (Å²) in [5.41, 5.74) is 5.29. The van der Waals surface area contributed by atoms with E-state index < -0.39 is 0 Å². The van der Waals surface area contributed by atoms with Crippen molar-refractivity contribution in [3.8, 4) is 11.3 Å². The quantitative estimate of drug-likeness (QED) is 0.485. The maximum atomic E-state index is 12.5. The summed E-state index contributed by atoms with van der Waals surface area (Å²) in [7, 11) is 0. The Morgan fingerprint density at radius 3 is 2.31 bits per heavy atom. The normalized spacial score (nSPS) is 11.6. The van der Waals surface area contributed by atoms with Gasteiger partial charge in [-0.05, 0) is 41.3 Å². The number of nitrogens with one attached hydrogen (secondary N) is 3. The van der Waals surface area contributed by atoms with Gasteiger partial charge in [0.25, 0.3) is 5.91 Å². The Morgan fingerprint density at radius 2 is 1.66 bits per heavy atom. The number of carbonyl (C=O) groups is 1. The van der Waals surface area contributed by atoms with Crippen molar-refractivity contribution in [2.24, 2.45) is 0 Å². The number of pyridine rings is 1. The van der Waals surface area contributed by atoms with Crippen LogP contribution in [0.15, 0.2) is 65.6 Å². The van der Waals surface area contributed by atoms with Gasteiger partial charge in [-0.3, -0.25) is 9.78 Å². The summed E-state index contributed by atoms with van der Waals surface area (Å²) < 4.78 is 0. The zero-order valence-electron chi connectivity index (χ0n) is 16.5. The monoisotopic (exact) mass is 386 g/mol. The second kappa shape index (κ2) is 7.05. The molecule has 4 rings (SSSR count). The molecule has 0 aliphatic carbocycles. The lowest BCUT2D eigenvalue weighted by atomic mass is 9.86. The zero-order chi connectivity index (χ0) is 20.6. The number of amides is 1. The molecule has 2 aromatic carbocycles. The Hall–Kier alpha value is -3.67. The van der Waals surface area contributed by atoms with E-state index in [1.54, 1.807) is 30.5 Å². The van der Waals surface area contributed by atoms with Crippen LogP contribution in [0, 0.1) is 0 Å². The van der Waals surface area contributed by atoms with E-state index >= 15 is 0 Å². The molecular formula is C23H22N4O2. The van der Waals surface area contributed by atoms with E-state index in [9.17, 15) is 9.59 Å². The molecule has 0 radical (unpaired) electrons. The number of imidazole rings is 1. The number of benzene rings is 2. The number of nitrogens with zero attached hydrogens (tertiary/aromatic N) is 1. The lowest BCUT2D eigenvalue weighted by molar-refractivity contribution is 0.102. The van der Waals surface area contributed by atoms with E-state index in [2.05, 4.69) is 65.3 Å².